The lowest BCUT2D eigenvalue weighted by atomic mass is 10.0. The first kappa shape index (κ1) is 18.2. The first-order valence-corrected chi connectivity index (χ1v) is 9.57. The zero-order chi connectivity index (χ0) is 16.5. The normalized spacial score (nSPS) is 19.8. The van der Waals surface area contributed by atoms with E-state index in [4.69, 9.17) is 0 Å². The molecule has 0 bridgehead atoms. The van der Waals surface area contributed by atoms with Gasteiger partial charge in [-0.3, -0.25) is 4.99 Å². The molecule has 0 spiro atoms. The minimum Gasteiger partial charge on any atom is -0.356 e. The zero-order valence-corrected chi connectivity index (χ0v) is 15.6. The van der Waals surface area contributed by atoms with Crippen LogP contribution in [0, 0.1) is 12.8 Å². The molecule has 130 valence electrons. The maximum atomic E-state index is 4.36. The van der Waals surface area contributed by atoms with Crippen LogP contribution in [-0.2, 0) is 6.54 Å². The molecule has 1 unspecified atom stereocenters. The topological polar surface area (TPSA) is 52.6 Å². The van der Waals surface area contributed by atoms with Gasteiger partial charge in [0.25, 0.3) is 0 Å². The van der Waals surface area contributed by atoms with Gasteiger partial charge in [0.1, 0.15) is 5.01 Å². The summed E-state index contributed by atoms with van der Waals surface area (Å²) in [5.74, 6) is 1.74. The van der Waals surface area contributed by atoms with Crippen molar-refractivity contribution in [2.24, 2.45) is 10.9 Å². The van der Waals surface area contributed by atoms with Crippen molar-refractivity contribution in [1.29, 1.82) is 0 Å². The summed E-state index contributed by atoms with van der Waals surface area (Å²) in [5.41, 5.74) is 0. The van der Waals surface area contributed by atoms with Gasteiger partial charge in [0, 0.05) is 31.2 Å². The number of aliphatic imine (C=N–C) groups is 1. The van der Waals surface area contributed by atoms with Crippen LogP contribution in [0.5, 0.6) is 0 Å². The Balaban J connectivity index is 1.55. The summed E-state index contributed by atoms with van der Waals surface area (Å²) in [4.78, 5) is 12.5. The first-order valence-electron chi connectivity index (χ1n) is 8.75. The molecule has 1 aliphatic heterocycles. The summed E-state index contributed by atoms with van der Waals surface area (Å²) in [5, 5.41) is 7.81. The smallest absolute Gasteiger partial charge is 0.191 e. The molecule has 2 heterocycles. The maximum absolute atomic E-state index is 4.36. The van der Waals surface area contributed by atoms with Crippen molar-refractivity contribution in [2.45, 2.75) is 46.1 Å². The summed E-state index contributed by atoms with van der Waals surface area (Å²) in [6.45, 7) is 9.96. The number of nitrogens with one attached hydrogen (secondary N) is 2. The van der Waals surface area contributed by atoms with Crippen LogP contribution >= 0.6 is 11.3 Å². The molecule has 1 fully saturated rings. The number of hydrogen-bond acceptors (Lipinski definition) is 4. The number of aromatic nitrogens is 1. The summed E-state index contributed by atoms with van der Waals surface area (Å²) in [6, 6.07) is 0. The summed E-state index contributed by atoms with van der Waals surface area (Å²) < 4.78 is 0. The number of aryl methyl sites for hydroxylation is 1. The predicted octanol–water partition coefficient (Wildman–Crippen LogP) is 2.63. The monoisotopic (exact) mass is 337 g/mol. The van der Waals surface area contributed by atoms with Crippen molar-refractivity contribution < 1.29 is 0 Å². The molecule has 1 aliphatic rings. The third kappa shape index (κ3) is 6.87. The Labute approximate surface area is 144 Å². The van der Waals surface area contributed by atoms with Crippen LogP contribution in [-0.4, -0.2) is 49.1 Å². The molecule has 1 aromatic heterocycles. The molecule has 0 aromatic carbocycles. The Morgan fingerprint density at radius 2 is 2.30 bits per heavy atom. The van der Waals surface area contributed by atoms with Crippen molar-refractivity contribution in [1.82, 2.24) is 20.5 Å². The van der Waals surface area contributed by atoms with Crippen LogP contribution in [0.15, 0.2) is 11.2 Å². The van der Waals surface area contributed by atoms with Crippen LogP contribution in [0.1, 0.15) is 42.5 Å². The first-order chi connectivity index (χ1) is 11.2. The molecule has 0 radical (unpaired) electrons. The second-order valence-corrected chi connectivity index (χ2v) is 7.79. The summed E-state index contributed by atoms with van der Waals surface area (Å²) in [6.07, 6.45) is 7.12. The second kappa shape index (κ2) is 9.88. The van der Waals surface area contributed by atoms with E-state index in [0.717, 1.165) is 30.0 Å². The Bertz CT molecular complexity index is 485. The highest BCUT2D eigenvalue weighted by Crippen LogP contribution is 2.15. The van der Waals surface area contributed by atoms with E-state index in [1.54, 1.807) is 11.3 Å². The highest BCUT2D eigenvalue weighted by atomic mass is 32.1. The quantitative estimate of drug-likeness (QED) is 0.456. The number of rotatable bonds is 7. The van der Waals surface area contributed by atoms with Crippen molar-refractivity contribution in [3.8, 4) is 0 Å². The number of unbranched alkanes of at least 4 members (excludes halogenated alkanes) is 1. The number of hydrogen-bond donors (Lipinski definition) is 2. The average molecular weight is 338 g/mol. The van der Waals surface area contributed by atoms with E-state index >= 15 is 0 Å². The van der Waals surface area contributed by atoms with Crippen LogP contribution in [0.3, 0.4) is 0 Å². The van der Waals surface area contributed by atoms with E-state index in [2.05, 4.69) is 39.4 Å². The standard InChI is InChI=1S/C17H31N5S/c1-14-7-6-10-22(13-14)9-5-4-8-19-17(18-3)21-12-16-20-11-15(2)23-16/h11,14H,4-10,12-13H2,1-3H3,(H2,18,19,21). The molecule has 23 heavy (non-hydrogen) atoms. The Morgan fingerprint density at radius 1 is 1.43 bits per heavy atom. The van der Waals surface area contributed by atoms with Crippen LogP contribution < -0.4 is 10.6 Å². The fraction of sp³-hybridized carbons (Fsp3) is 0.765. The molecule has 0 aliphatic carbocycles. The summed E-state index contributed by atoms with van der Waals surface area (Å²) >= 11 is 1.73. The molecular formula is C17H31N5S. The number of likely N-dealkylation sites (tertiary alicyclic amines) is 1. The number of nitrogens with zero attached hydrogens (tertiary/aromatic N) is 3. The van der Waals surface area contributed by atoms with Gasteiger partial charge in [-0.05, 0) is 51.6 Å². The Morgan fingerprint density at radius 3 is 3.00 bits per heavy atom. The van der Waals surface area contributed by atoms with E-state index in [1.165, 1.54) is 50.2 Å². The van der Waals surface area contributed by atoms with Crippen LogP contribution in [0.25, 0.3) is 0 Å². The lowest BCUT2D eigenvalue weighted by molar-refractivity contribution is 0.181. The minimum absolute atomic E-state index is 0.740. The van der Waals surface area contributed by atoms with Gasteiger partial charge in [0.05, 0.1) is 6.54 Å². The molecule has 2 rings (SSSR count). The predicted molar refractivity (Wildman–Crippen MR) is 99.1 cm³/mol. The molecule has 2 N–H and O–H groups in total. The molecule has 1 aromatic rings. The Kier molecular flexibility index (Phi) is 7.82. The van der Waals surface area contributed by atoms with E-state index in [9.17, 15) is 0 Å². The third-order valence-electron chi connectivity index (χ3n) is 4.23. The van der Waals surface area contributed by atoms with Gasteiger partial charge >= 0.3 is 0 Å². The van der Waals surface area contributed by atoms with Crippen LogP contribution in [0.2, 0.25) is 0 Å². The van der Waals surface area contributed by atoms with Gasteiger partial charge in [-0.25, -0.2) is 4.98 Å². The third-order valence-corrected chi connectivity index (χ3v) is 5.15. The maximum Gasteiger partial charge on any atom is 0.191 e. The van der Waals surface area contributed by atoms with E-state index in [1.807, 2.05) is 13.2 Å². The number of thiazole rings is 1. The molecule has 1 saturated heterocycles. The van der Waals surface area contributed by atoms with Gasteiger partial charge in [0.15, 0.2) is 5.96 Å². The highest BCUT2D eigenvalue weighted by molar-refractivity contribution is 7.11. The largest absolute Gasteiger partial charge is 0.356 e. The average Bonchev–Trinajstić information content (AvgIpc) is 2.95. The minimum atomic E-state index is 0.740. The van der Waals surface area contributed by atoms with Gasteiger partial charge in [-0.15, -0.1) is 11.3 Å². The molecule has 1 atom stereocenters. The van der Waals surface area contributed by atoms with Crippen molar-refractivity contribution in [3.63, 3.8) is 0 Å². The van der Waals surface area contributed by atoms with Gasteiger partial charge < -0.3 is 15.5 Å². The fourth-order valence-corrected chi connectivity index (χ4v) is 3.75. The molecule has 0 saturated carbocycles. The molecule has 0 amide bonds. The van der Waals surface area contributed by atoms with E-state index in [-0.39, 0.29) is 0 Å². The molecule has 6 heteroatoms. The van der Waals surface area contributed by atoms with Crippen molar-refractivity contribution in [2.75, 3.05) is 33.2 Å². The lowest BCUT2D eigenvalue weighted by Crippen LogP contribution is -2.38. The molecular weight excluding hydrogens is 306 g/mol. The molecule has 5 nitrogen and oxygen atoms in total. The lowest BCUT2D eigenvalue weighted by Gasteiger charge is -2.30. The van der Waals surface area contributed by atoms with Gasteiger partial charge in [0.2, 0.25) is 0 Å². The van der Waals surface area contributed by atoms with Crippen molar-refractivity contribution >= 4 is 17.3 Å². The fourth-order valence-electron chi connectivity index (χ4n) is 3.02. The summed E-state index contributed by atoms with van der Waals surface area (Å²) in [7, 11) is 1.82. The van der Waals surface area contributed by atoms with Crippen LogP contribution in [0.4, 0.5) is 0 Å². The van der Waals surface area contributed by atoms with Gasteiger partial charge in [-0.1, -0.05) is 6.92 Å². The van der Waals surface area contributed by atoms with E-state index in [0.29, 0.717) is 0 Å². The Hall–Kier alpha value is -1.14. The van der Waals surface area contributed by atoms with Gasteiger partial charge in [-0.2, -0.15) is 0 Å². The SMILES string of the molecule is CN=C(NCCCCN1CCCC(C)C1)NCc1ncc(C)s1. The van der Waals surface area contributed by atoms with E-state index < -0.39 is 0 Å². The second-order valence-electron chi connectivity index (χ2n) is 6.47. The number of guanidine groups is 1. The van der Waals surface area contributed by atoms with Crippen molar-refractivity contribution in [3.05, 3.63) is 16.1 Å². The highest BCUT2D eigenvalue weighted by Gasteiger charge is 2.15. The zero-order valence-electron chi connectivity index (χ0n) is 14.8. The number of piperidine rings is 1.